The largest absolute Gasteiger partial charge is 0.0573 e. The van der Waals surface area contributed by atoms with E-state index in [1.54, 1.807) is 0 Å². The fraction of sp³-hybridized carbons (Fsp3) is 0.250. The summed E-state index contributed by atoms with van der Waals surface area (Å²) in [5, 5.41) is 0. The van der Waals surface area contributed by atoms with Crippen LogP contribution in [0.3, 0.4) is 0 Å². The van der Waals surface area contributed by atoms with E-state index < -0.39 is 0 Å². The molecule has 0 N–H and O–H groups in total. The predicted molar refractivity (Wildman–Crippen MR) is 82.1 cm³/mol. The van der Waals surface area contributed by atoms with Crippen LogP contribution in [0.25, 0.3) is 11.1 Å². The van der Waals surface area contributed by atoms with Crippen LogP contribution in [0, 0.1) is 0 Å². The molecule has 0 aromatic heterocycles. The first-order chi connectivity index (χ1) is 8.75. The molecule has 0 unspecified atom stereocenters. The Morgan fingerprint density at radius 2 is 1.06 bits per heavy atom. The fourth-order valence-corrected chi connectivity index (χ4v) is 4.45. The van der Waals surface area contributed by atoms with Crippen molar-refractivity contribution in [1.29, 1.82) is 0 Å². The number of aryl methyl sites for hydroxylation is 2. The maximum Gasteiger partial charge on any atom is 0.0213 e. The first-order valence-electron chi connectivity index (χ1n) is 6.36. The Kier molecular flexibility index (Phi) is 2.46. The average molecular weight is 364 g/mol. The van der Waals surface area contributed by atoms with E-state index in [9.17, 15) is 0 Å². The highest BCUT2D eigenvalue weighted by atomic mass is 79.9. The highest BCUT2D eigenvalue weighted by molar-refractivity contribution is 9.10. The lowest BCUT2D eigenvalue weighted by Crippen LogP contribution is -2.14. The van der Waals surface area contributed by atoms with E-state index in [1.165, 1.54) is 55.2 Å². The molecule has 2 aromatic carbocycles. The standard InChI is InChI=1S/C16H12Br2/c17-13-8-4-10-2-6-12-14(18)7-3-9-1-5-11(13)16(10)15(9)12/h3-4,7-8H,1-2,5-6H2. The molecule has 2 aliphatic carbocycles. The zero-order valence-electron chi connectivity index (χ0n) is 9.89. The molecular formula is C16H12Br2. The summed E-state index contributed by atoms with van der Waals surface area (Å²) in [7, 11) is 0. The molecule has 4 rings (SSSR count). The lowest BCUT2D eigenvalue weighted by Gasteiger charge is -2.30. The highest BCUT2D eigenvalue weighted by Gasteiger charge is 2.27. The minimum Gasteiger partial charge on any atom is -0.0573 e. The van der Waals surface area contributed by atoms with Crippen molar-refractivity contribution in [2.24, 2.45) is 0 Å². The van der Waals surface area contributed by atoms with Crippen molar-refractivity contribution in [3.63, 3.8) is 0 Å². The van der Waals surface area contributed by atoms with E-state index >= 15 is 0 Å². The van der Waals surface area contributed by atoms with Gasteiger partial charge in [-0.1, -0.05) is 44.0 Å². The van der Waals surface area contributed by atoms with E-state index in [2.05, 4.69) is 56.1 Å². The van der Waals surface area contributed by atoms with Crippen molar-refractivity contribution in [3.8, 4) is 11.1 Å². The van der Waals surface area contributed by atoms with Gasteiger partial charge in [-0.05, 0) is 71.2 Å². The smallest absolute Gasteiger partial charge is 0.0213 e. The van der Waals surface area contributed by atoms with Gasteiger partial charge in [0.15, 0.2) is 0 Å². The second-order valence-electron chi connectivity index (χ2n) is 5.12. The van der Waals surface area contributed by atoms with Gasteiger partial charge in [-0.2, -0.15) is 0 Å². The summed E-state index contributed by atoms with van der Waals surface area (Å²) < 4.78 is 2.56. The number of halogens is 2. The Labute approximate surface area is 124 Å². The van der Waals surface area contributed by atoms with Crippen LogP contribution in [0.2, 0.25) is 0 Å². The summed E-state index contributed by atoms with van der Waals surface area (Å²) in [6.45, 7) is 0. The first kappa shape index (κ1) is 11.2. The Bertz CT molecular complexity index is 612. The van der Waals surface area contributed by atoms with Crippen molar-refractivity contribution in [3.05, 3.63) is 55.5 Å². The fourth-order valence-electron chi connectivity index (χ4n) is 3.39. The van der Waals surface area contributed by atoms with Gasteiger partial charge >= 0.3 is 0 Å². The molecule has 0 bridgehead atoms. The summed E-state index contributed by atoms with van der Waals surface area (Å²) >= 11 is 7.45. The predicted octanol–water partition coefficient (Wildman–Crippen LogP) is 5.08. The number of hydrogen-bond donors (Lipinski definition) is 0. The van der Waals surface area contributed by atoms with Gasteiger partial charge < -0.3 is 0 Å². The second kappa shape index (κ2) is 3.94. The molecule has 18 heavy (non-hydrogen) atoms. The highest BCUT2D eigenvalue weighted by Crippen LogP contribution is 2.46. The SMILES string of the molecule is Brc1ccc2c3c1CCc1ccc(Br)c(c1-3)CC2. The third kappa shape index (κ3) is 1.42. The minimum atomic E-state index is 1.16. The van der Waals surface area contributed by atoms with Crippen LogP contribution in [-0.4, -0.2) is 0 Å². The van der Waals surface area contributed by atoms with Crippen molar-refractivity contribution in [2.75, 3.05) is 0 Å². The van der Waals surface area contributed by atoms with E-state index in [1.807, 2.05) is 0 Å². The lowest BCUT2D eigenvalue weighted by molar-refractivity contribution is 0.869. The molecule has 0 fully saturated rings. The summed E-state index contributed by atoms with van der Waals surface area (Å²) in [5.74, 6) is 0. The molecule has 0 atom stereocenters. The quantitative estimate of drug-likeness (QED) is 0.612. The third-order valence-electron chi connectivity index (χ3n) is 4.22. The van der Waals surface area contributed by atoms with Crippen LogP contribution < -0.4 is 0 Å². The van der Waals surface area contributed by atoms with E-state index in [4.69, 9.17) is 0 Å². The molecule has 2 heteroatoms. The number of rotatable bonds is 0. The van der Waals surface area contributed by atoms with Crippen LogP contribution in [0.4, 0.5) is 0 Å². The van der Waals surface area contributed by atoms with Crippen LogP contribution in [0.15, 0.2) is 33.2 Å². The Morgan fingerprint density at radius 1 is 0.611 bits per heavy atom. The normalized spacial score (nSPS) is 15.4. The van der Waals surface area contributed by atoms with Gasteiger partial charge in [0.25, 0.3) is 0 Å². The van der Waals surface area contributed by atoms with Crippen LogP contribution in [0.5, 0.6) is 0 Å². The molecule has 0 spiro atoms. The lowest BCUT2D eigenvalue weighted by atomic mass is 9.76. The Balaban J connectivity index is 2.15. The van der Waals surface area contributed by atoms with Crippen molar-refractivity contribution >= 4 is 31.9 Å². The second-order valence-corrected chi connectivity index (χ2v) is 6.83. The van der Waals surface area contributed by atoms with E-state index in [-0.39, 0.29) is 0 Å². The molecule has 0 heterocycles. The monoisotopic (exact) mass is 362 g/mol. The molecule has 0 radical (unpaired) electrons. The molecule has 0 aliphatic heterocycles. The summed E-state index contributed by atoms with van der Waals surface area (Å²) in [4.78, 5) is 0. The number of benzene rings is 2. The first-order valence-corrected chi connectivity index (χ1v) is 7.95. The third-order valence-corrected chi connectivity index (χ3v) is 5.71. The zero-order chi connectivity index (χ0) is 12.3. The summed E-state index contributed by atoms with van der Waals surface area (Å²) in [6, 6.07) is 9.04. The molecule has 2 aromatic rings. The molecule has 0 amide bonds. The molecule has 90 valence electrons. The topological polar surface area (TPSA) is 0 Å². The van der Waals surface area contributed by atoms with Crippen molar-refractivity contribution in [1.82, 2.24) is 0 Å². The van der Waals surface area contributed by atoms with Gasteiger partial charge in [0.1, 0.15) is 0 Å². The van der Waals surface area contributed by atoms with Gasteiger partial charge in [0.05, 0.1) is 0 Å². The molecule has 0 saturated carbocycles. The van der Waals surface area contributed by atoms with Crippen molar-refractivity contribution in [2.45, 2.75) is 25.7 Å². The maximum absolute atomic E-state index is 3.72. The molecule has 0 saturated heterocycles. The minimum absolute atomic E-state index is 1.16. The zero-order valence-corrected chi connectivity index (χ0v) is 13.1. The van der Waals surface area contributed by atoms with Gasteiger partial charge in [-0.3, -0.25) is 0 Å². The summed E-state index contributed by atoms with van der Waals surface area (Å²) in [5.41, 5.74) is 9.12. The maximum atomic E-state index is 3.72. The Morgan fingerprint density at radius 3 is 1.50 bits per heavy atom. The van der Waals surface area contributed by atoms with Gasteiger partial charge in [-0.15, -0.1) is 0 Å². The molecule has 0 nitrogen and oxygen atoms in total. The van der Waals surface area contributed by atoms with E-state index in [0.29, 0.717) is 0 Å². The van der Waals surface area contributed by atoms with Crippen LogP contribution in [0.1, 0.15) is 22.3 Å². The molecular weight excluding hydrogens is 352 g/mol. The van der Waals surface area contributed by atoms with E-state index in [0.717, 1.165) is 12.8 Å². The van der Waals surface area contributed by atoms with Crippen molar-refractivity contribution < 1.29 is 0 Å². The van der Waals surface area contributed by atoms with Gasteiger partial charge in [0.2, 0.25) is 0 Å². The number of hydrogen-bond acceptors (Lipinski definition) is 0. The van der Waals surface area contributed by atoms with Gasteiger partial charge in [0, 0.05) is 8.95 Å². The molecule has 2 aliphatic rings. The average Bonchev–Trinajstić information content (AvgIpc) is 2.40. The Hall–Kier alpha value is -0.600. The summed E-state index contributed by atoms with van der Waals surface area (Å²) in [6.07, 6.45) is 4.67. The van der Waals surface area contributed by atoms with Crippen LogP contribution >= 0.6 is 31.9 Å². The van der Waals surface area contributed by atoms with Crippen LogP contribution in [-0.2, 0) is 25.7 Å². The van der Waals surface area contributed by atoms with Gasteiger partial charge in [-0.25, -0.2) is 0 Å².